The van der Waals surface area contributed by atoms with Crippen LogP contribution in [0.1, 0.15) is 37.3 Å². The predicted molar refractivity (Wildman–Crippen MR) is 81.3 cm³/mol. The molecule has 1 aliphatic heterocycles. The van der Waals surface area contributed by atoms with Crippen LogP contribution in [0.2, 0.25) is 0 Å². The summed E-state index contributed by atoms with van der Waals surface area (Å²) in [6.07, 6.45) is 3.35. The van der Waals surface area contributed by atoms with Gasteiger partial charge in [0.2, 0.25) is 10.0 Å². The zero-order chi connectivity index (χ0) is 14.8. The number of hydrogen-bond donors (Lipinski definition) is 2. The molecule has 1 fully saturated rings. The zero-order valence-electron chi connectivity index (χ0n) is 12.4. The molecule has 1 aromatic rings. The highest BCUT2D eigenvalue weighted by atomic mass is 32.2. The molecule has 5 heteroatoms. The molecular formula is C15H24N2O2S. The molecular weight excluding hydrogens is 272 g/mol. The first kappa shape index (κ1) is 15.5. The fraction of sp³-hybridized carbons (Fsp3) is 0.600. The molecule has 0 saturated carbocycles. The summed E-state index contributed by atoms with van der Waals surface area (Å²) in [5, 5.41) is 3.44. The van der Waals surface area contributed by atoms with Crippen molar-refractivity contribution in [2.45, 2.75) is 57.0 Å². The Kier molecular flexibility index (Phi) is 4.83. The van der Waals surface area contributed by atoms with E-state index < -0.39 is 10.0 Å². The first-order valence-corrected chi connectivity index (χ1v) is 8.70. The lowest BCUT2D eigenvalue weighted by atomic mass is 10.00. The molecule has 0 bridgehead atoms. The van der Waals surface area contributed by atoms with Crippen molar-refractivity contribution < 1.29 is 8.42 Å². The van der Waals surface area contributed by atoms with Crippen LogP contribution in [0.5, 0.6) is 0 Å². The lowest BCUT2D eigenvalue weighted by molar-refractivity contribution is 0.334. The van der Waals surface area contributed by atoms with Crippen molar-refractivity contribution in [1.82, 2.24) is 10.0 Å². The lowest BCUT2D eigenvalue weighted by Crippen LogP contribution is -2.47. The smallest absolute Gasteiger partial charge is 0.240 e. The van der Waals surface area contributed by atoms with Crippen LogP contribution in [-0.2, 0) is 10.0 Å². The second-order valence-electron chi connectivity index (χ2n) is 5.82. The molecule has 1 aliphatic rings. The highest BCUT2D eigenvalue weighted by Crippen LogP contribution is 2.17. The molecule has 2 N–H and O–H groups in total. The molecule has 0 aromatic heterocycles. The van der Waals surface area contributed by atoms with Gasteiger partial charge in [0, 0.05) is 18.6 Å². The SMILES string of the molecule is Cc1ccc(C)c(S(=O)(=O)NCC2CCCC(C)N2)c1. The van der Waals surface area contributed by atoms with Crippen LogP contribution in [0.4, 0.5) is 0 Å². The Balaban J connectivity index is 2.05. The van der Waals surface area contributed by atoms with Gasteiger partial charge in [0.05, 0.1) is 4.90 Å². The van der Waals surface area contributed by atoms with Gasteiger partial charge in [-0.3, -0.25) is 0 Å². The van der Waals surface area contributed by atoms with Gasteiger partial charge in [-0.05, 0) is 50.8 Å². The molecule has 1 aromatic carbocycles. The number of hydrogen-bond acceptors (Lipinski definition) is 3. The Morgan fingerprint density at radius 1 is 1.30 bits per heavy atom. The van der Waals surface area contributed by atoms with E-state index in [0.29, 0.717) is 17.5 Å². The molecule has 1 saturated heterocycles. The van der Waals surface area contributed by atoms with Crippen molar-refractivity contribution in [2.75, 3.05) is 6.54 Å². The van der Waals surface area contributed by atoms with E-state index in [4.69, 9.17) is 0 Å². The van der Waals surface area contributed by atoms with Crippen LogP contribution in [0.25, 0.3) is 0 Å². The summed E-state index contributed by atoms with van der Waals surface area (Å²) in [6.45, 7) is 6.34. The van der Waals surface area contributed by atoms with Crippen molar-refractivity contribution in [3.8, 4) is 0 Å². The van der Waals surface area contributed by atoms with Crippen LogP contribution >= 0.6 is 0 Å². The van der Waals surface area contributed by atoms with E-state index in [1.54, 1.807) is 6.07 Å². The summed E-state index contributed by atoms with van der Waals surface area (Å²) < 4.78 is 27.5. The van der Waals surface area contributed by atoms with Crippen molar-refractivity contribution in [3.05, 3.63) is 29.3 Å². The standard InChI is InChI=1S/C15H24N2O2S/c1-11-7-8-12(2)15(9-11)20(18,19)16-10-14-6-4-5-13(3)17-14/h7-9,13-14,16-17H,4-6,10H2,1-3H3. The van der Waals surface area contributed by atoms with Gasteiger partial charge in [0.15, 0.2) is 0 Å². The Hall–Kier alpha value is -0.910. The van der Waals surface area contributed by atoms with E-state index >= 15 is 0 Å². The molecule has 112 valence electrons. The van der Waals surface area contributed by atoms with Gasteiger partial charge >= 0.3 is 0 Å². The molecule has 4 nitrogen and oxygen atoms in total. The van der Waals surface area contributed by atoms with Gasteiger partial charge in [-0.25, -0.2) is 13.1 Å². The maximum atomic E-state index is 12.4. The van der Waals surface area contributed by atoms with Gasteiger partial charge in [0.1, 0.15) is 0 Å². The largest absolute Gasteiger partial charge is 0.310 e. The maximum absolute atomic E-state index is 12.4. The summed E-state index contributed by atoms with van der Waals surface area (Å²) in [4.78, 5) is 0.390. The van der Waals surface area contributed by atoms with E-state index in [2.05, 4.69) is 17.0 Å². The van der Waals surface area contributed by atoms with Crippen molar-refractivity contribution >= 4 is 10.0 Å². The first-order chi connectivity index (χ1) is 9.38. The van der Waals surface area contributed by atoms with Crippen LogP contribution in [0, 0.1) is 13.8 Å². The van der Waals surface area contributed by atoms with E-state index in [9.17, 15) is 8.42 Å². The predicted octanol–water partition coefficient (Wildman–Crippen LogP) is 2.11. The first-order valence-electron chi connectivity index (χ1n) is 7.21. The zero-order valence-corrected chi connectivity index (χ0v) is 13.3. The number of benzene rings is 1. The molecule has 2 rings (SSSR count). The summed E-state index contributed by atoms with van der Waals surface area (Å²) >= 11 is 0. The number of sulfonamides is 1. The molecule has 0 aliphatic carbocycles. The third-order valence-electron chi connectivity index (χ3n) is 3.86. The molecule has 2 atom stereocenters. The fourth-order valence-corrected chi connectivity index (χ4v) is 4.09. The monoisotopic (exact) mass is 296 g/mol. The third kappa shape index (κ3) is 3.81. The Bertz CT molecular complexity index is 569. The third-order valence-corrected chi connectivity index (χ3v) is 5.43. The second kappa shape index (κ2) is 6.24. The van der Waals surface area contributed by atoms with E-state index in [1.165, 1.54) is 6.42 Å². The minimum absolute atomic E-state index is 0.235. The molecule has 2 unspecified atom stereocenters. The fourth-order valence-electron chi connectivity index (χ4n) is 2.69. The molecule has 0 spiro atoms. The molecule has 20 heavy (non-hydrogen) atoms. The van der Waals surface area contributed by atoms with E-state index in [-0.39, 0.29) is 6.04 Å². The Morgan fingerprint density at radius 3 is 2.75 bits per heavy atom. The number of nitrogens with one attached hydrogen (secondary N) is 2. The van der Waals surface area contributed by atoms with E-state index in [1.807, 2.05) is 26.0 Å². The Labute approximate surface area is 122 Å². The number of rotatable bonds is 4. The summed E-state index contributed by atoms with van der Waals surface area (Å²) in [6, 6.07) is 6.22. The van der Waals surface area contributed by atoms with Crippen LogP contribution in [0.3, 0.4) is 0 Å². The molecule has 0 radical (unpaired) electrons. The molecule has 1 heterocycles. The quantitative estimate of drug-likeness (QED) is 0.894. The van der Waals surface area contributed by atoms with Gasteiger partial charge < -0.3 is 5.32 Å². The summed E-state index contributed by atoms with van der Waals surface area (Å²) in [7, 11) is -3.42. The van der Waals surface area contributed by atoms with Crippen molar-refractivity contribution in [1.29, 1.82) is 0 Å². The van der Waals surface area contributed by atoms with Crippen molar-refractivity contribution in [2.24, 2.45) is 0 Å². The maximum Gasteiger partial charge on any atom is 0.240 e. The van der Waals surface area contributed by atoms with Gasteiger partial charge in [-0.2, -0.15) is 0 Å². The second-order valence-corrected chi connectivity index (χ2v) is 7.55. The number of piperidine rings is 1. The number of aryl methyl sites for hydroxylation is 2. The van der Waals surface area contributed by atoms with Gasteiger partial charge in [-0.1, -0.05) is 18.6 Å². The topological polar surface area (TPSA) is 58.2 Å². The average molecular weight is 296 g/mol. The van der Waals surface area contributed by atoms with Gasteiger partial charge in [0.25, 0.3) is 0 Å². The average Bonchev–Trinajstić information content (AvgIpc) is 2.39. The minimum Gasteiger partial charge on any atom is -0.310 e. The normalized spacial score (nSPS) is 23.8. The Morgan fingerprint density at radius 2 is 2.05 bits per heavy atom. The van der Waals surface area contributed by atoms with Crippen LogP contribution < -0.4 is 10.0 Å². The summed E-state index contributed by atoms with van der Waals surface area (Å²) in [5.41, 5.74) is 1.74. The highest BCUT2D eigenvalue weighted by molar-refractivity contribution is 7.89. The molecule has 0 amide bonds. The van der Waals surface area contributed by atoms with Crippen molar-refractivity contribution in [3.63, 3.8) is 0 Å². The van der Waals surface area contributed by atoms with Crippen LogP contribution in [0.15, 0.2) is 23.1 Å². The minimum atomic E-state index is -3.42. The van der Waals surface area contributed by atoms with Crippen LogP contribution in [-0.4, -0.2) is 27.0 Å². The highest BCUT2D eigenvalue weighted by Gasteiger charge is 2.22. The summed E-state index contributed by atoms with van der Waals surface area (Å²) in [5.74, 6) is 0. The van der Waals surface area contributed by atoms with Gasteiger partial charge in [-0.15, -0.1) is 0 Å². The lowest BCUT2D eigenvalue weighted by Gasteiger charge is -2.28. The van der Waals surface area contributed by atoms with E-state index in [0.717, 1.165) is 24.0 Å².